The first kappa shape index (κ1) is 34.6. The van der Waals surface area contributed by atoms with Gasteiger partial charge in [-0.25, -0.2) is 8.42 Å². The molecular formula is C34H35Cl2N3O6S. The van der Waals surface area contributed by atoms with Crippen molar-refractivity contribution in [2.45, 2.75) is 30.8 Å². The number of ether oxygens (including phenoxy) is 2. The number of nitrogens with zero attached hydrogens (tertiary/aromatic N) is 2. The van der Waals surface area contributed by atoms with Crippen LogP contribution in [0.15, 0.2) is 102 Å². The highest BCUT2D eigenvalue weighted by atomic mass is 35.5. The molecule has 4 aromatic rings. The summed E-state index contributed by atoms with van der Waals surface area (Å²) in [5, 5.41) is 3.43. The molecule has 0 aliphatic carbocycles. The van der Waals surface area contributed by atoms with Crippen LogP contribution in [0.5, 0.6) is 11.5 Å². The van der Waals surface area contributed by atoms with E-state index in [-0.39, 0.29) is 29.3 Å². The van der Waals surface area contributed by atoms with Crippen molar-refractivity contribution in [2.75, 3.05) is 31.6 Å². The molecule has 4 aromatic carbocycles. The number of sulfonamides is 1. The van der Waals surface area contributed by atoms with Crippen molar-refractivity contribution in [3.63, 3.8) is 0 Å². The number of nitrogens with one attached hydrogen (secondary N) is 1. The van der Waals surface area contributed by atoms with Crippen LogP contribution in [0.25, 0.3) is 0 Å². The molecule has 46 heavy (non-hydrogen) atoms. The summed E-state index contributed by atoms with van der Waals surface area (Å²) in [7, 11) is -1.50. The number of halogens is 2. The number of carbonyl (C=O) groups is 2. The third-order valence-electron chi connectivity index (χ3n) is 7.28. The largest absolute Gasteiger partial charge is 0.493 e. The van der Waals surface area contributed by atoms with Gasteiger partial charge in [0.2, 0.25) is 11.8 Å². The van der Waals surface area contributed by atoms with E-state index >= 15 is 0 Å². The fourth-order valence-corrected chi connectivity index (χ4v) is 6.87. The average molecular weight is 685 g/mol. The zero-order valence-electron chi connectivity index (χ0n) is 25.7. The Kier molecular flexibility index (Phi) is 11.9. The number of hydrogen-bond acceptors (Lipinski definition) is 6. The van der Waals surface area contributed by atoms with Gasteiger partial charge in [-0.05, 0) is 48.9 Å². The van der Waals surface area contributed by atoms with E-state index < -0.39 is 34.4 Å². The fourth-order valence-electron chi connectivity index (χ4n) is 4.93. The first-order valence-corrected chi connectivity index (χ1v) is 16.6. The van der Waals surface area contributed by atoms with Crippen molar-refractivity contribution in [1.82, 2.24) is 10.2 Å². The predicted molar refractivity (Wildman–Crippen MR) is 180 cm³/mol. The molecular weight excluding hydrogens is 649 g/mol. The molecule has 0 fully saturated rings. The summed E-state index contributed by atoms with van der Waals surface area (Å²) in [4.78, 5) is 29.4. The Labute approximate surface area is 279 Å². The molecule has 1 atom stereocenters. The Morgan fingerprint density at radius 3 is 2.02 bits per heavy atom. The minimum Gasteiger partial charge on any atom is -0.493 e. The van der Waals surface area contributed by atoms with Gasteiger partial charge < -0.3 is 19.7 Å². The summed E-state index contributed by atoms with van der Waals surface area (Å²) >= 11 is 13.1. The number of carbonyl (C=O) groups excluding carboxylic acids is 2. The number of likely N-dealkylation sites (N-methyl/N-ethyl adjacent to an activating group) is 1. The third-order valence-corrected chi connectivity index (χ3v) is 9.76. The first-order chi connectivity index (χ1) is 22.1. The summed E-state index contributed by atoms with van der Waals surface area (Å²) in [6, 6.07) is 25.6. The van der Waals surface area contributed by atoms with E-state index in [1.807, 2.05) is 30.3 Å². The van der Waals surface area contributed by atoms with E-state index in [4.69, 9.17) is 32.7 Å². The lowest BCUT2D eigenvalue weighted by molar-refractivity contribution is -0.140. The zero-order chi connectivity index (χ0) is 33.3. The van der Waals surface area contributed by atoms with Crippen LogP contribution in [0.3, 0.4) is 0 Å². The van der Waals surface area contributed by atoms with Crippen LogP contribution < -0.4 is 19.1 Å². The van der Waals surface area contributed by atoms with Gasteiger partial charge in [0.05, 0.1) is 24.8 Å². The molecule has 0 radical (unpaired) electrons. The second-order valence-corrected chi connectivity index (χ2v) is 12.9. The van der Waals surface area contributed by atoms with Gasteiger partial charge in [0.15, 0.2) is 11.5 Å². The smallest absolute Gasteiger partial charge is 0.264 e. The number of anilines is 1. The summed E-state index contributed by atoms with van der Waals surface area (Å²) < 4.78 is 40.2. The van der Waals surface area contributed by atoms with Gasteiger partial charge in [0.25, 0.3) is 10.0 Å². The van der Waals surface area contributed by atoms with E-state index in [2.05, 4.69) is 5.32 Å². The molecule has 0 saturated heterocycles. The lowest BCUT2D eigenvalue weighted by Crippen LogP contribution is -2.53. The molecule has 4 rings (SSSR count). The highest BCUT2D eigenvalue weighted by Gasteiger charge is 2.35. The van der Waals surface area contributed by atoms with Crippen molar-refractivity contribution in [3.8, 4) is 11.5 Å². The highest BCUT2D eigenvalue weighted by molar-refractivity contribution is 7.92. The third kappa shape index (κ3) is 8.12. The van der Waals surface area contributed by atoms with Gasteiger partial charge in [-0.2, -0.15) is 0 Å². The number of hydrogen-bond donors (Lipinski definition) is 1. The van der Waals surface area contributed by atoms with E-state index in [1.54, 1.807) is 55.5 Å². The van der Waals surface area contributed by atoms with E-state index in [1.165, 1.54) is 37.3 Å². The van der Waals surface area contributed by atoms with Crippen LogP contribution >= 0.6 is 23.2 Å². The summed E-state index contributed by atoms with van der Waals surface area (Å²) in [5.74, 6) is -0.498. The van der Waals surface area contributed by atoms with Crippen molar-refractivity contribution in [2.24, 2.45) is 0 Å². The van der Waals surface area contributed by atoms with Gasteiger partial charge in [-0.15, -0.1) is 0 Å². The van der Waals surface area contributed by atoms with Crippen molar-refractivity contribution in [3.05, 3.63) is 118 Å². The number of benzene rings is 4. The molecule has 0 spiro atoms. The summed E-state index contributed by atoms with van der Waals surface area (Å²) in [6.07, 6.45) is 0.161. The van der Waals surface area contributed by atoms with Crippen LogP contribution in [0.1, 0.15) is 18.1 Å². The van der Waals surface area contributed by atoms with Gasteiger partial charge in [-0.1, -0.05) is 77.8 Å². The van der Waals surface area contributed by atoms with Crippen molar-refractivity contribution >= 4 is 50.7 Å². The van der Waals surface area contributed by atoms with E-state index in [0.717, 1.165) is 9.87 Å². The second-order valence-electron chi connectivity index (χ2n) is 10.2. The molecule has 0 saturated carbocycles. The zero-order valence-corrected chi connectivity index (χ0v) is 28.0. The number of para-hydroxylation sites is 1. The molecule has 1 N–H and O–H groups in total. The van der Waals surface area contributed by atoms with Gasteiger partial charge in [0.1, 0.15) is 12.6 Å². The SMILES string of the molecule is CCNC(=O)[C@H](Cc1ccccc1)N(Cc1c(Cl)cccc1Cl)C(=O)CN(c1ccccc1)S(=O)(=O)c1ccc(OC)c(OC)c1. The molecule has 0 unspecified atom stereocenters. The Morgan fingerprint density at radius 1 is 0.826 bits per heavy atom. The maximum absolute atomic E-state index is 14.5. The van der Waals surface area contributed by atoms with Gasteiger partial charge in [0, 0.05) is 41.2 Å². The lowest BCUT2D eigenvalue weighted by Gasteiger charge is -2.34. The van der Waals surface area contributed by atoms with Crippen LogP contribution in [0.4, 0.5) is 5.69 Å². The predicted octanol–water partition coefficient (Wildman–Crippen LogP) is 5.98. The Balaban J connectivity index is 1.83. The molecule has 12 heteroatoms. The quantitative estimate of drug-likeness (QED) is 0.175. The topological polar surface area (TPSA) is 105 Å². The maximum Gasteiger partial charge on any atom is 0.264 e. The number of rotatable bonds is 14. The molecule has 2 amide bonds. The normalized spacial score (nSPS) is 11.8. The molecule has 9 nitrogen and oxygen atoms in total. The monoisotopic (exact) mass is 683 g/mol. The van der Waals surface area contributed by atoms with Gasteiger partial charge in [-0.3, -0.25) is 13.9 Å². The summed E-state index contributed by atoms with van der Waals surface area (Å²) in [5.41, 5.74) is 1.48. The Morgan fingerprint density at radius 2 is 1.43 bits per heavy atom. The molecule has 242 valence electrons. The molecule has 0 aromatic heterocycles. The minimum atomic E-state index is -4.35. The maximum atomic E-state index is 14.5. The number of methoxy groups -OCH3 is 2. The minimum absolute atomic E-state index is 0.118. The highest BCUT2D eigenvalue weighted by Crippen LogP contribution is 2.33. The van der Waals surface area contributed by atoms with Crippen LogP contribution in [0, 0.1) is 0 Å². The fraction of sp³-hybridized carbons (Fsp3) is 0.235. The number of amides is 2. The molecule has 0 aliphatic heterocycles. The standard InChI is InChI=1S/C34H35Cl2N3O6S/c1-4-37-34(41)30(20-24-12-7-5-8-13-24)38(22-27-28(35)16-11-17-29(27)36)33(40)23-39(25-14-9-6-10-15-25)46(42,43)26-18-19-31(44-2)32(21-26)45-3/h5-19,21,30H,4,20,22-23H2,1-3H3,(H,37,41)/t30-/m0/s1. The first-order valence-electron chi connectivity index (χ1n) is 14.4. The molecule has 0 aliphatic rings. The van der Waals surface area contributed by atoms with Crippen molar-refractivity contribution < 1.29 is 27.5 Å². The van der Waals surface area contributed by atoms with Gasteiger partial charge >= 0.3 is 0 Å². The van der Waals surface area contributed by atoms with E-state index in [9.17, 15) is 18.0 Å². The average Bonchev–Trinajstić information content (AvgIpc) is 3.06. The van der Waals surface area contributed by atoms with Crippen LogP contribution in [-0.2, 0) is 32.6 Å². The van der Waals surface area contributed by atoms with Crippen molar-refractivity contribution in [1.29, 1.82) is 0 Å². The summed E-state index contributed by atoms with van der Waals surface area (Å²) in [6.45, 7) is 1.32. The lowest BCUT2D eigenvalue weighted by atomic mass is 10.0. The molecule has 0 bridgehead atoms. The Bertz CT molecular complexity index is 1740. The molecule has 0 heterocycles. The van der Waals surface area contributed by atoms with E-state index in [0.29, 0.717) is 27.9 Å². The Hall–Kier alpha value is -4.25. The van der Waals surface area contributed by atoms with Crippen LogP contribution in [-0.4, -0.2) is 58.5 Å². The second kappa shape index (κ2) is 15.8. The van der Waals surface area contributed by atoms with Crippen LogP contribution in [0.2, 0.25) is 10.0 Å².